The van der Waals surface area contributed by atoms with E-state index in [9.17, 15) is 4.79 Å². The van der Waals surface area contributed by atoms with E-state index in [1.165, 1.54) is 0 Å². The lowest BCUT2D eigenvalue weighted by Gasteiger charge is -2.00. The summed E-state index contributed by atoms with van der Waals surface area (Å²) in [5.74, 6) is 0.0214. The molecule has 0 bridgehead atoms. The Labute approximate surface area is 96.9 Å². The summed E-state index contributed by atoms with van der Waals surface area (Å²) in [7, 11) is 0. The molecule has 0 amide bonds. The van der Waals surface area contributed by atoms with Crippen LogP contribution < -0.4 is 0 Å². The maximum Gasteiger partial charge on any atom is 0.193 e. The summed E-state index contributed by atoms with van der Waals surface area (Å²) in [5.41, 5.74) is 1.35. The maximum absolute atomic E-state index is 12.0. The molecule has 2 rings (SSSR count). The van der Waals surface area contributed by atoms with Crippen LogP contribution in [0, 0.1) is 6.07 Å². The summed E-state index contributed by atoms with van der Waals surface area (Å²) < 4.78 is 0.865. The molecule has 0 unspecified atom stereocenters. The summed E-state index contributed by atoms with van der Waals surface area (Å²) in [6.07, 6.45) is 0. The summed E-state index contributed by atoms with van der Waals surface area (Å²) in [6, 6.07) is 17.4. The Hall–Kier alpha value is -1.41. The van der Waals surface area contributed by atoms with Gasteiger partial charge in [0, 0.05) is 15.6 Å². The second-order valence-corrected chi connectivity index (χ2v) is 4.05. The van der Waals surface area contributed by atoms with Gasteiger partial charge in [-0.15, -0.1) is 0 Å². The fourth-order valence-electron chi connectivity index (χ4n) is 1.33. The van der Waals surface area contributed by atoms with Gasteiger partial charge in [-0.05, 0) is 24.3 Å². The third-order valence-corrected chi connectivity index (χ3v) is 2.51. The number of carbonyl (C=O) groups is 1. The smallest absolute Gasteiger partial charge is 0.193 e. The first-order valence-electron chi connectivity index (χ1n) is 4.54. The molecule has 0 heterocycles. The Balaban J connectivity index is 2.37. The number of rotatable bonds is 2. The Morgan fingerprint density at radius 1 is 1.07 bits per heavy atom. The van der Waals surface area contributed by atoms with E-state index >= 15 is 0 Å². The van der Waals surface area contributed by atoms with E-state index in [1.54, 1.807) is 18.2 Å². The van der Waals surface area contributed by atoms with Crippen molar-refractivity contribution in [1.82, 2.24) is 0 Å². The molecule has 73 valence electrons. The maximum atomic E-state index is 12.0. The molecule has 0 fully saturated rings. The average molecular weight is 260 g/mol. The van der Waals surface area contributed by atoms with Gasteiger partial charge in [0.15, 0.2) is 5.78 Å². The molecule has 0 atom stereocenters. The fraction of sp³-hybridized carbons (Fsp3) is 0. The molecule has 0 aliphatic carbocycles. The first-order valence-corrected chi connectivity index (χ1v) is 5.33. The van der Waals surface area contributed by atoms with Crippen molar-refractivity contribution in [3.63, 3.8) is 0 Å². The monoisotopic (exact) mass is 259 g/mol. The molecule has 2 heteroatoms. The highest BCUT2D eigenvalue weighted by atomic mass is 79.9. The van der Waals surface area contributed by atoms with Crippen molar-refractivity contribution in [2.45, 2.75) is 0 Å². The van der Waals surface area contributed by atoms with Gasteiger partial charge in [0.2, 0.25) is 0 Å². The highest BCUT2D eigenvalue weighted by Crippen LogP contribution is 2.14. The van der Waals surface area contributed by atoms with Crippen LogP contribution in [0.5, 0.6) is 0 Å². The van der Waals surface area contributed by atoms with Gasteiger partial charge < -0.3 is 0 Å². The Bertz CT molecular complexity index is 477. The third-order valence-electron chi connectivity index (χ3n) is 2.05. The number of hydrogen-bond acceptors (Lipinski definition) is 1. The molecule has 1 nitrogen and oxygen atoms in total. The van der Waals surface area contributed by atoms with Gasteiger partial charge in [-0.3, -0.25) is 4.79 Å². The van der Waals surface area contributed by atoms with Crippen LogP contribution >= 0.6 is 15.9 Å². The van der Waals surface area contributed by atoms with Crippen molar-refractivity contribution in [2.24, 2.45) is 0 Å². The Morgan fingerprint density at radius 3 is 2.47 bits per heavy atom. The molecule has 2 aromatic rings. The highest BCUT2D eigenvalue weighted by molar-refractivity contribution is 9.10. The van der Waals surface area contributed by atoms with E-state index in [-0.39, 0.29) is 5.78 Å². The van der Waals surface area contributed by atoms with E-state index in [0.717, 1.165) is 4.47 Å². The Morgan fingerprint density at radius 2 is 1.80 bits per heavy atom. The number of hydrogen-bond donors (Lipinski definition) is 0. The van der Waals surface area contributed by atoms with Crippen LogP contribution in [-0.4, -0.2) is 5.78 Å². The van der Waals surface area contributed by atoms with Crippen LogP contribution in [0.2, 0.25) is 0 Å². The molecule has 1 radical (unpaired) electrons. The van der Waals surface area contributed by atoms with Gasteiger partial charge in [0.1, 0.15) is 0 Å². The molecule has 2 aromatic carbocycles. The van der Waals surface area contributed by atoms with Crippen molar-refractivity contribution in [3.8, 4) is 0 Å². The molecular weight excluding hydrogens is 252 g/mol. The normalized spacial score (nSPS) is 9.93. The van der Waals surface area contributed by atoms with Gasteiger partial charge in [-0.2, -0.15) is 0 Å². The number of ketones is 1. The van der Waals surface area contributed by atoms with Crippen LogP contribution in [0.25, 0.3) is 0 Å². The minimum Gasteiger partial charge on any atom is -0.289 e. The van der Waals surface area contributed by atoms with Gasteiger partial charge in [0.25, 0.3) is 0 Å². The second kappa shape index (κ2) is 4.41. The molecule has 0 aromatic heterocycles. The third kappa shape index (κ3) is 2.34. The highest BCUT2D eigenvalue weighted by Gasteiger charge is 2.07. The predicted molar refractivity (Wildman–Crippen MR) is 62.9 cm³/mol. The average Bonchev–Trinajstić information content (AvgIpc) is 2.29. The summed E-state index contributed by atoms with van der Waals surface area (Å²) in [4.78, 5) is 12.0. The van der Waals surface area contributed by atoms with Gasteiger partial charge in [0.05, 0.1) is 0 Å². The predicted octanol–water partition coefficient (Wildman–Crippen LogP) is 3.48. The van der Waals surface area contributed by atoms with Crippen molar-refractivity contribution in [2.75, 3.05) is 0 Å². The van der Waals surface area contributed by atoms with E-state index in [1.807, 2.05) is 30.3 Å². The van der Waals surface area contributed by atoms with E-state index < -0.39 is 0 Å². The number of benzene rings is 2. The first-order chi connectivity index (χ1) is 7.27. The van der Waals surface area contributed by atoms with E-state index in [2.05, 4.69) is 22.0 Å². The van der Waals surface area contributed by atoms with Crippen LogP contribution in [0.15, 0.2) is 53.0 Å². The van der Waals surface area contributed by atoms with Crippen LogP contribution in [0.3, 0.4) is 0 Å². The van der Waals surface area contributed by atoms with E-state index in [4.69, 9.17) is 0 Å². The first kappa shape index (κ1) is 10.1. The lowest BCUT2D eigenvalue weighted by molar-refractivity contribution is 0.103. The topological polar surface area (TPSA) is 17.1 Å². The van der Waals surface area contributed by atoms with Gasteiger partial charge in [-0.1, -0.05) is 46.3 Å². The van der Waals surface area contributed by atoms with E-state index in [0.29, 0.717) is 11.1 Å². The molecule has 0 aliphatic rings. The molecule has 0 N–H and O–H groups in total. The molecular formula is C13H8BrO. The zero-order valence-corrected chi connectivity index (χ0v) is 9.49. The zero-order valence-electron chi connectivity index (χ0n) is 7.91. The fourth-order valence-corrected chi connectivity index (χ4v) is 1.71. The number of halogens is 1. The van der Waals surface area contributed by atoms with Crippen molar-refractivity contribution < 1.29 is 4.79 Å². The minimum atomic E-state index is 0.0214. The quantitative estimate of drug-likeness (QED) is 0.755. The molecule has 0 spiro atoms. The lowest BCUT2D eigenvalue weighted by atomic mass is 10.0. The van der Waals surface area contributed by atoms with Crippen molar-refractivity contribution >= 4 is 21.7 Å². The Kier molecular flexibility index (Phi) is 2.97. The standard InChI is InChI=1S/C13H8BrO/c14-12-8-4-7-11(9-12)13(15)10-5-2-1-3-6-10/h1-3,5-9H. The minimum absolute atomic E-state index is 0.0214. The lowest BCUT2D eigenvalue weighted by Crippen LogP contribution is -2.00. The van der Waals surface area contributed by atoms with Crippen LogP contribution in [0.1, 0.15) is 15.9 Å². The molecule has 0 saturated carbocycles. The van der Waals surface area contributed by atoms with Gasteiger partial charge >= 0.3 is 0 Å². The van der Waals surface area contributed by atoms with Crippen LogP contribution in [0.4, 0.5) is 0 Å². The summed E-state index contributed by atoms with van der Waals surface area (Å²) >= 11 is 3.32. The van der Waals surface area contributed by atoms with Gasteiger partial charge in [-0.25, -0.2) is 0 Å². The number of carbonyl (C=O) groups excluding carboxylic acids is 1. The largest absolute Gasteiger partial charge is 0.289 e. The SMILES string of the molecule is O=C(c1ccccc1)c1c[c]cc(Br)c1. The second-order valence-electron chi connectivity index (χ2n) is 3.14. The van der Waals surface area contributed by atoms with Crippen LogP contribution in [-0.2, 0) is 0 Å². The van der Waals surface area contributed by atoms with Crippen molar-refractivity contribution in [3.05, 3.63) is 70.2 Å². The van der Waals surface area contributed by atoms with Crippen molar-refractivity contribution in [1.29, 1.82) is 0 Å². The zero-order chi connectivity index (χ0) is 10.7. The molecule has 0 aliphatic heterocycles. The summed E-state index contributed by atoms with van der Waals surface area (Å²) in [5, 5.41) is 0. The molecule has 15 heavy (non-hydrogen) atoms. The molecule has 0 saturated heterocycles. The summed E-state index contributed by atoms with van der Waals surface area (Å²) in [6.45, 7) is 0.